The standard InChI is InChI=1S/C30H29Cl2N5O5/c1-16(2)26(30(40)41)33-15-17-11-12-22(36-28(17)42-4)20-9-5-7-18(24(20)31)19-8-6-10-23(25(19)32)35-27(38)21-13-14-34-37(3)29(21)39/h5-14,16,26,33H,15H2,1-4H3,(H,35,38)(H,40,41)/t26-/m0/s1. The summed E-state index contributed by atoms with van der Waals surface area (Å²) in [6.45, 7) is 3.91. The maximum atomic E-state index is 12.8. The van der Waals surface area contributed by atoms with E-state index in [1.54, 1.807) is 30.3 Å². The largest absolute Gasteiger partial charge is 0.481 e. The second kappa shape index (κ2) is 13.2. The molecule has 0 aliphatic carbocycles. The van der Waals surface area contributed by atoms with Crippen LogP contribution in [0.4, 0.5) is 5.69 Å². The lowest BCUT2D eigenvalue weighted by Gasteiger charge is -2.19. The minimum atomic E-state index is -0.930. The van der Waals surface area contributed by atoms with Crippen molar-refractivity contribution >= 4 is 40.8 Å². The van der Waals surface area contributed by atoms with Crippen LogP contribution in [0.3, 0.4) is 0 Å². The molecule has 218 valence electrons. The highest BCUT2D eigenvalue weighted by atomic mass is 35.5. The van der Waals surface area contributed by atoms with Crippen molar-refractivity contribution < 1.29 is 19.4 Å². The highest BCUT2D eigenvalue weighted by Gasteiger charge is 2.22. The third-order valence-electron chi connectivity index (χ3n) is 6.64. The number of benzene rings is 2. The molecule has 1 atom stereocenters. The Balaban J connectivity index is 1.65. The Hall–Kier alpha value is -4.25. The molecule has 3 N–H and O–H groups in total. The third-order valence-corrected chi connectivity index (χ3v) is 7.45. The van der Waals surface area contributed by atoms with Gasteiger partial charge in [-0.2, -0.15) is 5.10 Å². The third kappa shape index (κ3) is 6.46. The Morgan fingerprint density at radius 2 is 1.67 bits per heavy atom. The number of aromatic nitrogens is 3. The summed E-state index contributed by atoms with van der Waals surface area (Å²) in [4.78, 5) is 41.4. The van der Waals surface area contributed by atoms with Crippen LogP contribution in [0.2, 0.25) is 10.0 Å². The lowest BCUT2D eigenvalue weighted by Crippen LogP contribution is -2.40. The number of carbonyl (C=O) groups is 2. The van der Waals surface area contributed by atoms with E-state index in [2.05, 4.69) is 20.7 Å². The van der Waals surface area contributed by atoms with Crippen molar-refractivity contribution in [3.63, 3.8) is 0 Å². The molecule has 0 saturated carbocycles. The summed E-state index contributed by atoms with van der Waals surface area (Å²) in [5.41, 5.74) is 2.69. The van der Waals surface area contributed by atoms with Crippen molar-refractivity contribution in [2.45, 2.75) is 26.4 Å². The second-order valence-electron chi connectivity index (χ2n) is 9.77. The van der Waals surface area contributed by atoms with E-state index in [1.807, 2.05) is 32.0 Å². The van der Waals surface area contributed by atoms with Crippen molar-refractivity contribution in [3.05, 3.63) is 92.3 Å². The van der Waals surface area contributed by atoms with Gasteiger partial charge >= 0.3 is 5.97 Å². The van der Waals surface area contributed by atoms with Gasteiger partial charge in [0.05, 0.1) is 28.5 Å². The number of anilines is 1. The summed E-state index contributed by atoms with van der Waals surface area (Å²) in [5.74, 6) is -1.32. The molecule has 0 aliphatic rings. The number of rotatable bonds is 10. The van der Waals surface area contributed by atoms with Gasteiger partial charge in [-0.1, -0.05) is 73.4 Å². The van der Waals surface area contributed by atoms with Crippen LogP contribution < -0.4 is 20.9 Å². The van der Waals surface area contributed by atoms with Crippen LogP contribution in [0.5, 0.6) is 5.88 Å². The molecule has 2 heterocycles. The van der Waals surface area contributed by atoms with E-state index in [-0.39, 0.29) is 23.0 Å². The number of carboxylic acids is 1. The predicted octanol–water partition coefficient (Wildman–Crippen LogP) is 5.28. The number of ether oxygens (including phenoxy) is 1. The lowest BCUT2D eigenvalue weighted by molar-refractivity contribution is -0.140. The molecule has 2 aromatic carbocycles. The smallest absolute Gasteiger partial charge is 0.320 e. The van der Waals surface area contributed by atoms with Gasteiger partial charge in [-0.15, -0.1) is 0 Å². The summed E-state index contributed by atoms with van der Waals surface area (Å²) in [7, 11) is 2.95. The maximum Gasteiger partial charge on any atom is 0.320 e. The fraction of sp³-hybridized carbons (Fsp3) is 0.233. The molecule has 42 heavy (non-hydrogen) atoms. The number of methoxy groups -OCH3 is 1. The van der Waals surface area contributed by atoms with Crippen LogP contribution >= 0.6 is 23.2 Å². The van der Waals surface area contributed by atoms with Gasteiger partial charge in [0.2, 0.25) is 5.88 Å². The first-order valence-electron chi connectivity index (χ1n) is 12.9. The normalized spacial score (nSPS) is 11.8. The molecule has 10 nitrogen and oxygen atoms in total. The fourth-order valence-corrected chi connectivity index (χ4v) is 5.00. The number of hydrogen-bond donors (Lipinski definition) is 3. The molecule has 12 heteroatoms. The van der Waals surface area contributed by atoms with Gasteiger partial charge in [0.15, 0.2) is 0 Å². The van der Waals surface area contributed by atoms with Gasteiger partial charge in [-0.05, 0) is 24.1 Å². The molecule has 0 aliphatic heterocycles. The molecular formula is C30H29Cl2N5O5. The molecule has 4 rings (SSSR count). The summed E-state index contributed by atoms with van der Waals surface area (Å²) in [5, 5.41) is 19.7. The molecule has 0 bridgehead atoms. The SMILES string of the molecule is COc1nc(-c2cccc(-c3cccc(NC(=O)c4ccnn(C)c4=O)c3Cl)c2Cl)ccc1CN[C@H](C(=O)O)C(C)C. The monoisotopic (exact) mass is 609 g/mol. The van der Waals surface area contributed by atoms with Crippen LogP contribution in [0, 0.1) is 5.92 Å². The van der Waals surface area contributed by atoms with Gasteiger partial charge in [-0.25, -0.2) is 9.67 Å². The molecule has 2 aromatic heterocycles. The van der Waals surface area contributed by atoms with Gasteiger partial charge in [0, 0.05) is 42.0 Å². The fourth-order valence-electron chi connectivity index (χ4n) is 4.40. The Kier molecular flexibility index (Phi) is 9.62. The van der Waals surface area contributed by atoms with Gasteiger partial charge in [-0.3, -0.25) is 19.7 Å². The number of aryl methyl sites for hydroxylation is 1. The van der Waals surface area contributed by atoms with Gasteiger partial charge < -0.3 is 15.2 Å². The Morgan fingerprint density at radius 1 is 1.00 bits per heavy atom. The molecule has 1 amide bonds. The number of aliphatic carboxylic acids is 1. The van der Waals surface area contributed by atoms with E-state index >= 15 is 0 Å². The van der Waals surface area contributed by atoms with Crippen LogP contribution in [0.25, 0.3) is 22.4 Å². The van der Waals surface area contributed by atoms with E-state index in [1.165, 1.54) is 26.4 Å². The number of carbonyl (C=O) groups excluding carboxylic acids is 1. The zero-order valence-corrected chi connectivity index (χ0v) is 24.8. The Bertz CT molecular complexity index is 1710. The number of halogens is 2. The van der Waals surface area contributed by atoms with Crippen LogP contribution in [-0.4, -0.2) is 44.9 Å². The van der Waals surface area contributed by atoms with E-state index in [0.717, 1.165) is 4.68 Å². The van der Waals surface area contributed by atoms with Crippen molar-refractivity contribution in [2.75, 3.05) is 12.4 Å². The summed E-state index contributed by atoms with van der Waals surface area (Å²) in [6.07, 6.45) is 1.37. The predicted molar refractivity (Wildman–Crippen MR) is 162 cm³/mol. The first kappa shape index (κ1) is 30.7. The highest BCUT2D eigenvalue weighted by molar-refractivity contribution is 6.39. The number of hydrogen-bond acceptors (Lipinski definition) is 7. The zero-order chi connectivity index (χ0) is 30.6. The number of nitrogens with one attached hydrogen (secondary N) is 2. The highest BCUT2D eigenvalue weighted by Crippen LogP contribution is 2.41. The number of amides is 1. The Labute approximate surface area is 252 Å². The first-order valence-corrected chi connectivity index (χ1v) is 13.7. The van der Waals surface area contributed by atoms with Crippen LogP contribution in [-0.2, 0) is 18.4 Å². The lowest BCUT2D eigenvalue weighted by atomic mass is 10.00. The average Bonchev–Trinajstić information content (AvgIpc) is 2.95. The van der Waals surface area contributed by atoms with Crippen LogP contribution in [0.1, 0.15) is 29.8 Å². The number of carboxylic acid groups (broad SMARTS) is 1. The minimum absolute atomic E-state index is 0.0737. The second-order valence-corrected chi connectivity index (χ2v) is 10.5. The first-order chi connectivity index (χ1) is 20.0. The molecule has 0 fully saturated rings. The number of pyridine rings is 1. The van der Waals surface area contributed by atoms with Crippen molar-refractivity contribution in [1.82, 2.24) is 20.1 Å². The minimum Gasteiger partial charge on any atom is -0.481 e. The molecule has 0 saturated heterocycles. The molecule has 0 spiro atoms. The summed E-state index contributed by atoms with van der Waals surface area (Å²) in [6, 6.07) is 14.7. The van der Waals surface area contributed by atoms with Gasteiger partial charge in [0.1, 0.15) is 11.6 Å². The van der Waals surface area contributed by atoms with E-state index in [4.69, 9.17) is 27.9 Å². The number of nitrogens with zero attached hydrogens (tertiary/aromatic N) is 3. The summed E-state index contributed by atoms with van der Waals surface area (Å²) >= 11 is 13.6. The molecule has 0 radical (unpaired) electrons. The van der Waals surface area contributed by atoms with Crippen molar-refractivity contribution in [1.29, 1.82) is 0 Å². The van der Waals surface area contributed by atoms with Crippen LogP contribution in [0.15, 0.2) is 65.6 Å². The average molecular weight is 610 g/mol. The van der Waals surface area contributed by atoms with Crippen molar-refractivity contribution in [3.8, 4) is 28.3 Å². The Morgan fingerprint density at radius 3 is 2.33 bits per heavy atom. The summed E-state index contributed by atoms with van der Waals surface area (Å²) < 4.78 is 6.58. The van der Waals surface area contributed by atoms with Gasteiger partial charge in [0.25, 0.3) is 11.5 Å². The van der Waals surface area contributed by atoms with E-state index < -0.39 is 23.5 Å². The molecule has 0 unspecified atom stereocenters. The van der Waals surface area contributed by atoms with E-state index in [0.29, 0.717) is 44.5 Å². The zero-order valence-electron chi connectivity index (χ0n) is 23.3. The van der Waals surface area contributed by atoms with E-state index in [9.17, 15) is 19.5 Å². The van der Waals surface area contributed by atoms with Crippen molar-refractivity contribution in [2.24, 2.45) is 13.0 Å². The molecule has 4 aromatic rings. The molecular weight excluding hydrogens is 581 g/mol. The topological polar surface area (TPSA) is 135 Å². The maximum absolute atomic E-state index is 12.8. The quantitative estimate of drug-likeness (QED) is 0.221.